The summed E-state index contributed by atoms with van der Waals surface area (Å²) in [5.41, 5.74) is 3.14. The van der Waals surface area contributed by atoms with Crippen LogP contribution in [0.5, 0.6) is 5.75 Å². The van der Waals surface area contributed by atoms with Crippen LogP contribution in [0.1, 0.15) is 23.6 Å². The molecule has 2 aromatic rings. The number of amides is 2. The van der Waals surface area contributed by atoms with Crippen molar-refractivity contribution < 1.29 is 14.3 Å². The lowest BCUT2D eigenvalue weighted by molar-refractivity contribution is -0.135. The normalized spacial score (nSPS) is 10.2. The molecule has 0 aromatic heterocycles. The maximum atomic E-state index is 12.2. The predicted molar refractivity (Wildman–Crippen MR) is 97.1 cm³/mol. The molecule has 0 bridgehead atoms. The second kappa shape index (κ2) is 8.87. The average molecular weight is 340 g/mol. The van der Waals surface area contributed by atoms with Gasteiger partial charge in [-0.05, 0) is 30.2 Å². The standard InChI is InChI=1S/C20H24N2O3/c1-15-5-4-6-18(11-15)12-21-20(24)14-22(16(2)23)13-17-7-9-19(25-3)10-8-17/h4-11H,12-14H2,1-3H3,(H,21,24). The molecule has 0 spiro atoms. The molecule has 0 aliphatic heterocycles. The zero-order chi connectivity index (χ0) is 18.2. The molecule has 25 heavy (non-hydrogen) atoms. The van der Waals surface area contributed by atoms with Gasteiger partial charge >= 0.3 is 0 Å². The van der Waals surface area contributed by atoms with Gasteiger partial charge in [0.1, 0.15) is 5.75 Å². The Morgan fingerprint density at radius 1 is 1.08 bits per heavy atom. The third-order valence-corrected chi connectivity index (χ3v) is 3.88. The lowest BCUT2D eigenvalue weighted by Gasteiger charge is -2.21. The Bertz CT molecular complexity index is 726. The van der Waals surface area contributed by atoms with Crippen molar-refractivity contribution >= 4 is 11.8 Å². The largest absolute Gasteiger partial charge is 0.497 e. The molecule has 2 amide bonds. The van der Waals surface area contributed by atoms with Crippen LogP contribution in [-0.4, -0.2) is 30.4 Å². The van der Waals surface area contributed by atoms with E-state index in [2.05, 4.69) is 5.32 Å². The van der Waals surface area contributed by atoms with Crippen LogP contribution in [0.4, 0.5) is 0 Å². The average Bonchev–Trinajstić information content (AvgIpc) is 2.60. The molecule has 1 N–H and O–H groups in total. The Balaban J connectivity index is 1.91. The number of nitrogens with zero attached hydrogens (tertiary/aromatic N) is 1. The molecule has 0 aliphatic rings. The molecule has 0 atom stereocenters. The summed E-state index contributed by atoms with van der Waals surface area (Å²) in [6.07, 6.45) is 0. The maximum absolute atomic E-state index is 12.2. The molecule has 132 valence electrons. The second-order valence-corrected chi connectivity index (χ2v) is 5.99. The summed E-state index contributed by atoms with van der Waals surface area (Å²) >= 11 is 0. The van der Waals surface area contributed by atoms with Crippen LogP contribution in [0.3, 0.4) is 0 Å². The first-order chi connectivity index (χ1) is 12.0. The molecule has 0 unspecified atom stereocenters. The van der Waals surface area contributed by atoms with E-state index in [1.807, 2.05) is 55.5 Å². The minimum absolute atomic E-state index is 0.0349. The van der Waals surface area contributed by atoms with E-state index in [1.54, 1.807) is 7.11 Å². The van der Waals surface area contributed by atoms with Crippen molar-refractivity contribution in [3.05, 3.63) is 65.2 Å². The van der Waals surface area contributed by atoms with E-state index in [4.69, 9.17) is 4.74 Å². The second-order valence-electron chi connectivity index (χ2n) is 5.99. The van der Waals surface area contributed by atoms with Crippen molar-refractivity contribution in [2.24, 2.45) is 0 Å². The smallest absolute Gasteiger partial charge is 0.239 e. The number of methoxy groups -OCH3 is 1. The fourth-order valence-corrected chi connectivity index (χ4v) is 2.48. The SMILES string of the molecule is COc1ccc(CN(CC(=O)NCc2cccc(C)c2)C(C)=O)cc1. The highest BCUT2D eigenvalue weighted by Gasteiger charge is 2.14. The van der Waals surface area contributed by atoms with Crippen molar-refractivity contribution in [1.29, 1.82) is 0 Å². The number of hydrogen-bond acceptors (Lipinski definition) is 3. The summed E-state index contributed by atoms with van der Waals surface area (Å²) in [5, 5.41) is 2.86. The number of carbonyl (C=O) groups is 2. The lowest BCUT2D eigenvalue weighted by atomic mass is 10.1. The van der Waals surface area contributed by atoms with Crippen LogP contribution < -0.4 is 10.1 Å². The number of carbonyl (C=O) groups excluding carboxylic acids is 2. The Morgan fingerprint density at radius 2 is 1.80 bits per heavy atom. The topological polar surface area (TPSA) is 58.6 Å². The number of ether oxygens (including phenoxy) is 1. The van der Waals surface area contributed by atoms with E-state index in [0.717, 1.165) is 22.4 Å². The summed E-state index contributed by atoms with van der Waals surface area (Å²) in [5.74, 6) is 0.445. The predicted octanol–water partition coefficient (Wildman–Crippen LogP) is 2.67. The number of rotatable bonds is 7. The molecular weight excluding hydrogens is 316 g/mol. The molecule has 5 nitrogen and oxygen atoms in total. The summed E-state index contributed by atoms with van der Waals surface area (Å²) in [6.45, 7) is 4.36. The van der Waals surface area contributed by atoms with Gasteiger partial charge in [-0.25, -0.2) is 0 Å². The first kappa shape index (κ1) is 18.5. The fourth-order valence-electron chi connectivity index (χ4n) is 2.48. The van der Waals surface area contributed by atoms with E-state index < -0.39 is 0 Å². The fraction of sp³-hybridized carbons (Fsp3) is 0.300. The molecule has 0 aliphatic carbocycles. The minimum Gasteiger partial charge on any atom is -0.497 e. The van der Waals surface area contributed by atoms with E-state index >= 15 is 0 Å². The Hall–Kier alpha value is -2.82. The van der Waals surface area contributed by atoms with Gasteiger partial charge in [0, 0.05) is 20.0 Å². The number of aryl methyl sites for hydroxylation is 1. The highest BCUT2D eigenvalue weighted by molar-refractivity contribution is 5.83. The summed E-state index contributed by atoms with van der Waals surface area (Å²) in [4.78, 5) is 25.6. The van der Waals surface area contributed by atoms with E-state index in [0.29, 0.717) is 13.1 Å². The lowest BCUT2D eigenvalue weighted by Crippen LogP contribution is -2.39. The van der Waals surface area contributed by atoms with Gasteiger partial charge in [0.15, 0.2) is 0 Å². The number of hydrogen-bond donors (Lipinski definition) is 1. The zero-order valence-corrected chi connectivity index (χ0v) is 14.9. The molecule has 0 saturated heterocycles. The number of nitrogens with one attached hydrogen (secondary N) is 1. The molecule has 0 saturated carbocycles. The minimum atomic E-state index is -0.176. The van der Waals surface area contributed by atoms with Crippen LogP contribution in [-0.2, 0) is 22.7 Å². The van der Waals surface area contributed by atoms with E-state index in [1.165, 1.54) is 11.8 Å². The quantitative estimate of drug-likeness (QED) is 0.843. The van der Waals surface area contributed by atoms with E-state index in [9.17, 15) is 9.59 Å². The number of benzene rings is 2. The van der Waals surface area contributed by atoms with Gasteiger partial charge in [-0.2, -0.15) is 0 Å². The third-order valence-electron chi connectivity index (χ3n) is 3.88. The maximum Gasteiger partial charge on any atom is 0.239 e. The Kier molecular flexibility index (Phi) is 6.57. The first-order valence-electron chi connectivity index (χ1n) is 8.18. The van der Waals surface area contributed by atoms with Gasteiger partial charge in [0.05, 0.1) is 13.7 Å². The molecule has 2 rings (SSSR count). The van der Waals surface area contributed by atoms with Crippen molar-refractivity contribution in [1.82, 2.24) is 10.2 Å². The van der Waals surface area contributed by atoms with Crippen molar-refractivity contribution in [2.45, 2.75) is 26.9 Å². The molecule has 0 fully saturated rings. The van der Waals surface area contributed by atoms with Crippen LogP contribution in [0, 0.1) is 6.92 Å². The van der Waals surface area contributed by atoms with Crippen molar-refractivity contribution in [2.75, 3.05) is 13.7 Å². The zero-order valence-electron chi connectivity index (χ0n) is 14.9. The summed E-state index contributed by atoms with van der Waals surface area (Å²) in [6, 6.07) is 15.4. The van der Waals surface area contributed by atoms with Crippen LogP contribution in [0.25, 0.3) is 0 Å². The molecule has 2 aromatic carbocycles. The van der Waals surface area contributed by atoms with Crippen molar-refractivity contribution in [3.8, 4) is 5.75 Å². The Morgan fingerprint density at radius 3 is 2.40 bits per heavy atom. The van der Waals surface area contributed by atoms with Gasteiger partial charge in [0.25, 0.3) is 0 Å². The van der Waals surface area contributed by atoms with Gasteiger partial charge in [-0.3, -0.25) is 9.59 Å². The molecule has 0 radical (unpaired) electrons. The van der Waals surface area contributed by atoms with E-state index in [-0.39, 0.29) is 18.4 Å². The monoisotopic (exact) mass is 340 g/mol. The van der Waals surface area contributed by atoms with Crippen LogP contribution in [0.15, 0.2) is 48.5 Å². The van der Waals surface area contributed by atoms with Crippen LogP contribution in [0.2, 0.25) is 0 Å². The van der Waals surface area contributed by atoms with Gasteiger partial charge in [0.2, 0.25) is 11.8 Å². The van der Waals surface area contributed by atoms with Crippen molar-refractivity contribution in [3.63, 3.8) is 0 Å². The van der Waals surface area contributed by atoms with Gasteiger partial charge in [-0.1, -0.05) is 42.0 Å². The Labute approximate surface area is 148 Å². The summed E-state index contributed by atoms with van der Waals surface area (Å²) < 4.78 is 5.12. The third kappa shape index (κ3) is 5.95. The van der Waals surface area contributed by atoms with Crippen LogP contribution >= 0.6 is 0 Å². The van der Waals surface area contributed by atoms with Gasteiger partial charge < -0.3 is 15.0 Å². The highest BCUT2D eigenvalue weighted by Crippen LogP contribution is 2.13. The van der Waals surface area contributed by atoms with Gasteiger partial charge in [-0.15, -0.1) is 0 Å². The molecule has 0 heterocycles. The molecular formula is C20H24N2O3. The molecule has 5 heteroatoms. The first-order valence-corrected chi connectivity index (χ1v) is 8.18. The highest BCUT2D eigenvalue weighted by atomic mass is 16.5. The summed E-state index contributed by atoms with van der Waals surface area (Å²) in [7, 11) is 1.61.